The van der Waals surface area contributed by atoms with Crippen molar-refractivity contribution in [3.05, 3.63) is 35.4 Å². The van der Waals surface area contributed by atoms with E-state index in [4.69, 9.17) is 4.99 Å². The summed E-state index contributed by atoms with van der Waals surface area (Å²) >= 11 is 4.36. The van der Waals surface area contributed by atoms with Gasteiger partial charge in [0.2, 0.25) is 0 Å². The molecule has 2 aliphatic heterocycles. The molecule has 1 spiro atoms. The summed E-state index contributed by atoms with van der Waals surface area (Å²) in [4.78, 5) is 7.65. The Morgan fingerprint density at radius 1 is 1.27 bits per heavy atom. The Kier molecular flexibility index (Phi) is 4.64. The number of fused-ring (bicyclic) bond motifs is 3. The van der Waals surface area contributed by atoms with Crippen molar-refractivity contribution in [1.82, 2.24) is 4.90 Å². The highest BCUT2D eigenvalue weighted by Crippen LogP contribution is 2.51. The quantitative estimate of drug-likeness (QED) is 0.290. The number of benzene rings is 1. The Balaban J connectivity index is 1.90. The number of amidine groups is 1. The van der Waals surface area contributed by atoms with Gasteiger partial charge in [-0.15, -0.1) is 0 Å². The molecular formula is C21H27N3S2. The third-order valence-electron chi connectivity index (χ3n) is 6.10. The van der Waals surface area contributed by atoms with Crippen molar-refractivity contribution in [1.29, 1.82) is 0 Å². The van der Waals surface area contributed by atoms with Gasteiger partial charge in [-0.25, -0.2) is 9.39 Å². The van der Waals surface area contributed by atoms with Crippen LogP contribution in [0.25, 0.3) is 5.70 Å². The van der Waals surface area contributed by atoms with E-state index in [1.54, 1.807) is 0 Å². The predicted molar refractivity (Wildman–Crippen MR) is 120 cm³/mol. The molecule has 1 saturated carbocycles. The van der Waals surface area contributed by atoms with E-state index in [1.807, 2.05) is 6.92 Å². The lowest BCUT2D eigenvalue weighted by molar-refractivity contribution is 0.286. The molecule has 2 fully saturated rings. The smallest absolute Gasteiger partial charge is 0.116 e. The van der Waals surface area contributed by atoms with Crippen molar-refractivity contribution in [3.8, 4) is 0 Å². The summed E-state index contributed by atoms with van der Waals surface area (Å²) in [5, 5.41) is 0. The van der Waals surface area contributed by atoms with Gasteiger partial charge in [0.25, 0.3) is 0 Å². The van der Waals surface area contributed by atoms with Crippen molar-refractivity contribution in [2.75, 3.05) is 6.54 Å². The first-order chi connectivity index (χ1) is 12.4. The zero-order valence-corrected chi connectivity index (χ0v) is 17.4. The van der Waals surface area contributed by atoms with Crippen molar-refractivity contribution in [2.24, 2.45) is 14.8 Å². The first-order valence-corrected chi connectivity index (χ1v) is 11.8. The molecule has 0 N–H and O–H groups in total. The number of rotatable bonds is 2. The van der Waals surface area contributed by atoms with Gasteiger partial charge in [0.15, 0.2) is 0 Å². The minimum atomic E-state index is -0.527. The largest absolute Gasteiger partial charge is 0.329 e. The number of hydrogen-bond acceptors (Lipinski definition) is 4. The van der Waals surface area contributed by atoms with E-state index in [0.717, 1.165) is 34.8 Å². The van der Waals surface area contributed by atoms with Crippen LogP contribution < -0.4 is 0 Å². The van der Waals surface area contributed by atoms with Crippen LogP contribution in [-0.2, 0) is 0 Å². The summed E-state index contributed by atoms with van der Waals surface area (Å²) in [5.41, 5.74) is 6.81. The van der Waals surface area contributed by atoms with Gasteiger partial charge in [-0.2, -0.15) is 0 Å². The highest BCUT2D eigenvalue weighted by molar-refractivity contribution is 8.75. The Hall–Kier alpha value is -1.33. The highest BCUT2D eigenvalue weighted by atomic mass is 33.1. The van der Waals surface area contributed by atoms with Crippen LogP contribution in [-0.4, -0.2) is 28.9 Å². The molecule has 26 heavy (non-hydrogen) atoms. The molecule has 0 bridgehead atoms. The van der Waals surface area contributed by atoms with Crippen molar-refractivity contribution in [3.63, 3.8) is 0 Å². The first-order valence-electron chi connectivity index (χ1n) is 9.41. The summed E-state index contributed by atoms with van der Waals surface area (Å²) in [7, 11) is -0.527. The maximum atomic E-state index is 5.26. The molecule has 1 aromatic carbocycles. The number of aryl methyl sites for hydroxylation is 1. The molecule has 1 aromatic rings. The van der Waals surface area contributed by atoms with E-state index < -0.39 is 9.70 Å². The van der Waals surface area contributed by atoms with Crippen LogP contribution in [0.2, 0.25) is 0 Å². The maximum Gasteiger partial charge on any atom is 0.116 e. The Morgan fingerprint density at radius 2 is 2.00 bits per heavy atom. The average molecular weight is 386 g/mol. The molecule has 3 nitrogen and oxygen atoms in total. The fraction of sp³-hybridized carbons (Fsp3) is 0.476. The van der Waals surface area contributed by atoms with E-state index in [0.29, 0.717) is 0 Å². The predicted octanol–water partition coefficient (Wildman–Crippen LogP) is 5.94. The number of hydrogen-bond donors (Lipinski definition) is 1. The minimum absolute atomic E-state index is 0.256. The van der Waals surface area contributed by atoms with E-state index in [1.165, 1.54) is 49.9 Å². The van der Waals surface area contributed by atoms with Crippen molar-refractivity contribution < 1.29 is 0 Å². The van der Waals surface area contributed by atoms with E-state index in [-0.39, 0.29) is 5.41 Å². The Bertz CT molecular complexity index is 860. The standard InChI is InChI=1S/C21H27N3S2/c1-14-12-17(15(2)23-26(4)25)19-18(13-14)16(3)24-11-10-21(20(24)22-19)8-6-5-7-9-21/h12-13,25H,3-11H2,1-2H3/b23-15-. The summed E-state index contributed by atoms with van der Waals surface area (Å²) in [5.74, 6) is 5.17. The first kappa shape index (κ1) is 18.1. The van der Waals surface area contributed by atoms with Gasteiger partial charge in [-0.3, -0.25) is 0 Å². The average Bonchev–Trinajstić information content (AvgIpc) is 2.94. The molecule has 4 rings (SSSR count). The molecular weight excluding hydrogens is 358 g/mol. The van der Waals surface area contributed by atoms with E-state index in [2.05, 4.69) is 52.5 Å². The normalized spacial score (nSPS) is 22.9. The molecule has 1 atom stereocenters. The molecule has 0 aromatic heterocycles. The summed E-state index contributed by atoms with van der Waals surface area (Å²) in [6, 6.07) is 4.40. The second kappa shape index (κ2) is 6.68. The highest BCUT2D eigenvalue weighted by Gasteiger charge is 2.47. The molecule has 2 heterocycles. The summed E-state index contributed by atoms with van der Waals surface area (Å²) < 4.78 is 4.60. The van der Waals surface area contributed by atoms with Crippen LogP contribution in [0.4, 0.5) is 5.69 Å². The molecule has 138 valence electrons. The lowest BCUT2D eigenvalue weighted by Gasteiger charge is -2.37. The molecule has 0 radical (unpaired) electrons. The van der Waals surface area contributed by atoms with Crippen molar-refractivity contribution >= 4 is 50.2 Å². The zero-order chi connectivity index (χ0) is 18.5. The molecule has 1 unspecified atom stereocenters. The van der Waals surface area contributed by atoms with Crippen LogP contribution >= 0.6 is 21.4 Å². The fourth-order valence-corrected chi connectivity index (χ4v) is 5.61. The van der Waals surface area contributed by atoms with Gasteiger partial charge >= 0.3 is 0 Å². The topological polar surface area (TPSA) is 28.0 Å². The van der Waals surface area contributed by atoms with Crippen LogP contribution in [0.1, 0.15) is 62.1 Å². The second-order valence-corrected chi connectivity index (χ2v) is 9.98. The SMILES string of the molecule is C=C1c2cc(C)cc(/C(C)=N\S(=C)S)c2N=C2N1CCC21CCCCC1. The lowest BCUT2D eigenvalue weighted by atomic mass is 9.72. The monoisotopic (exact) mass is 385 g/mol. The van der Waals surface area contributed by atoms with Crippen LogP contribution in [0.3, 0.4) is 0 Å². The van der Waals surface area contributed by atoms with Gasteiger partial charge in [0.1, 0.15) is 5.84 Å². The van der Waals surface area contributed by atoms with E-state index >= 15 is 0 Å². The second-order valence-electron chi connectivity index (χ2n) is 7.85. The molecule has 5 heteroatoms. The van der Waals surface area contributed by atoms with Gasteiger partial charge < -0.3 is 4.90 Å². The van der Waals surface area contributed by atoms with Crippen LogP contribution in [0.15, 0.2) is 28.1 Å². The number of thiol groups is 1. The van der Waals surface area contributed by atoms with Crippen molar-refractivity contribution in [2.45, 2.75) is 52.4 Å². The molecule has 1 saturated heterocycles. The summed E-state index contributed by atoms with van der Waals surface area (Å²) in [6.07, 6.45) is 7.72. The van der Waals surface area contributed by atoms with Gasteiger partial charge in [0, 0.05) is 28.8 Å². The Labute approximate surface area is 164 Å². The fourth-order valence-electron chi connectivity index (χ4n) is 4.83. The third kappa shape index (κ3) is 2.89. The third-order valence-corrected chi connectivity index (χ3v) is 6.82. The van der Waals surface area contributed by atoms with Gasteiger partial charge in [-0.1, -0.05) is 37.5 Å². The maximum absolute atomic E-state index is 5.26. The lowest BCUT2D eigenvalue weighted by Crippen LogP contribution is -2.37. The zero-order valence-electron chi connectivity index (χ0n) is 15.7. The minimum Gasteiger partial charge on any atom is -0.329 e. The van der Waals surface area contributed by atoms with Crippen LogP contribution in [0.5, 0.6) is 0 Å². The van der Waals surface area contributed by atoms with Gasteiger partial charge in [-0.05, 0) is 66.4 Å². The van der Waals surface area contributed by atoms with E-state index in [9.17, 15) is 0 Å². The summed E-state index contributed by atoms with van der Waals surface area (Å²) in [6.45, 7) is 9.67. The molecule has 3 aliphatic rings. The number of nitrogens with zero attached hydrogens (tertiary/aromatic N) is 3. The Morgan fingerprint density at radius 3 is 2.69 bits per heavy atom. The number of aliphatic imine (C=N–C) groups is 1. The molecule has 0 amide bonds. The van der Waals surface area contributed by atoms with Gasteiger partial charge in [0.05, 0.1) is 11.4 Å². The molecule has 1 aliphatic carbocycles. The van der Waals surface area contributed by atoms with Crippen LogP contribution in [0, 0.1) is 12.3 Å².